The van der Waals surface area contributed by atoms with Gasteiger partial charge in [0.2, 0.25) is 0 Å². The smallest absolute Gasteiger partial charge is 0.258 e. The van der Waals surface area contributed by atoms with E-state index < -0.39 is 0 Å². The summed E-state index contributed by atoms with van der Waals surface area (Å²) in [6, 6.07) is 9.49. The van der Waals surface area contributed by atoms with E-state index >= 15 is 0 Å². The van der Waals surface area contributed by atoms with E-state index in [1.165, 1.54) is 11.3 Å². The molecule has 3 rings (SSSR count). The molecule has 5 nitrogen and oxygen atoms in total. The molecule has 0 saturated carbocycles. The Balaban J connectivity index is 1.74. The fourth-order valence-corrected chi connectivity index (χ4v) is 2.95. The molecule has 0 unspecified atom stereocenters. The topological polar surface area (TPSA) is 69.8 Å². The summed E-state index contributed by atoms with van der Waals surface area (Å²) in [4.78, 5) is 12.2. The largest absolute Gasteiger partial charge is 0.317 e. The van der Waals surface area contributed by atoms with E-state index in [-0.39, 0.29) is 11.0 Å². The quantitative estimate of drug-likeness (QED) is 0.637. The highest BCUT2D eigenvalue weighted by Crippen LogP contribution is 2.25. The highest BCUT2D eigenvalue weighted by atomic mass is 32.1. The minimum absolute atomic E-state index is 0.223. The van der Waals surface area contributed by atoms with Gasteiger partial charge in [-0.05, 0) is 18.3 Å². The van der Waals surface area contributed by atoms with Gasteiger partial charge in [-0.1, -0.05) is 18.2 Å². The van der Waals surface area contributed by atoms with Crippen LogP contribution in [0, 0.1) is 0 Å². The number of anilines is 1. The van der Waals surface area contributed by atoms with Crippen molar-refractivity contribution in [2.45, 2.75) is 0 Å². The van der Waals surface area contributed by atoms with Crippen LogP contribution in [-0.2, 0) is 0 Å². The Labute approximate surface area is 124 Å². The highest BCUT2D eigenvalue weighted by Gasteiger charge is 2.13. The minimum Gasteiger partial charge on any atom is -0.317 e. The zero-order valence-electron chi connectivity index (χ0n) is 10.2. The van der Waals surface area contributed by atoms with Gasteiger partial charge in [0.15, 0.2) is 5.11 Å². The van der Waals surface area contributed by atoms with E-state index in [4.69, 9.17) is 12.2 Å². The van der Waals surface area contributed by atoms with Gasteiger partial charge in [-0.15, -0.1) is 11.3 Å². The molecule has 2 aromatic heterocycles. The van der Waals surface area contributed by atoms with Crippen molar-refractivity contribution < 1.29 is 4.79 Å². The maximum Gasteiger partial charge on any atom is 0.258 e. The van der Waals surface area contributed by atoms with Crippen LogP contribution in [0.5, 0.6) is 0 Å². The molecule has 0 fully saturated rings. The number of thiocarbonyl (C=S) groups is 1. The lowest BCUT2D eigenvalue weighted by Crippen LogP contribution is -2.34. The van der Waals surface area contributed by atoms with Crippen LogP contribution in [0.3, 0.4) is 0 Å². The number of nitrogens with zero attached hydrogens (tertiary/aromatic N) is 1. The predicted octanol–water partition coefficient (Wildman–Crippen LogP) is 2.75. The lowest BCUT2D eigenvalue weighted by Gasteiger charge is -2.07. The second-order valence-electron chi connectivity index (χ2n) is 4.02. The molecule has 100 valence electrons. The molecule has 7 heteroatoms. The second-order valence-corrected chi connectivity index (χ2v) is 5.34. The van der Waals surface area contributed by atoms with Gasteiger partial charge >= 0.3 is 0 Å². The Bertz CT molecular complexity index is 764. The fraction of sp³-hybridized carbons (Fsp3) is 0. The number of H-pyrrole nitrogens is 1. The van der Waals surface area contributed by atoms with E-state index in [1.807, 2.05) is 29.6 Å². The first-order valence-corrected chi connectivity index (χ1v) is 7.11. The molecule has 20 heavy (non-hydrogen) atoms. The fourth-order valence-electron chi connectivity index (χ4n) is 1.80. The highest BCUT2D eigenvalue weighted by molar-refractivity contribution is 7.80. The number of benzene rings is 1. The van der Waals surface area contributed by atoms with Crippen molar-refractivity contribution in [3.05, 3.63) is 47.5 Å². The Hall–Kier alpha value is -2.25. The second kappa shape index (κ2) is 5.40. The number of carbonyl (C=O) groups excluding carboxylic acids is 1. The lowest BCUT2D eigenvalue weighted by atomic mass is 10.2. The summed E-state index contributed by atoms with van der Waals surface area (Å²) in [5.74, 6) is 0.407. The average molecular weight is 302 g/mol. The zero-order valence-corrected chi connectivity index (χ0v) is 11.8. The van der Waals surface area contributed by atoms with Gasteiger partial charge in [0.05, 0.1) is 11.8 Å². The summed E-state index contributed by atoms with van der Waals surface area (Å²) in [5, 5.41) is 15.0. The lowest BCUT2D eigenvalue weighted by molar-refractivity contribution is 0.0979. The number of thiophene rings is 1. The number of amides is 1. The van der Waals surface area contributed by atoms with E-state index in [2.05, 4.69) is 20.8 Å². The summed E-state index contributed by atoms with van der Waals surface area (Å²) in [6.07, 6.45) is 1.60. The van der Waals surface area contributed by atoms with Crippen LogP contribution in [0.4, 0.5) is 5.82 Å². The van der Waals surface area contributed by atoms with Crippen LogP contribution in [0.15, 0.2) is 41.9 Å². The van der Waals surface area contributed by atoms with Crippen molar-refractivity contribution in [1.82, 2.24) is 15.5 Å². The van der Waals surface area contributed by atoms with Crippen molar-refractivity contribution >= 4 is 50.5 Å². The molecule has 0 aliphatic rings. The molecule has 1 aromatic carbocycles. The van der Waals surface area contributed by atoms with Crippen molar-refractivity contribution in [1.29, 1.82) is 0 Å². The molecule has 3 aromatic rings. The van der Waals surface area contributed by atoms with Gasteiger partial charge in [-0.3, -0.25) is 15.2 Å². The standard InChI is InChI=1S/C13H10N4OS2/c18-12(16-13(19)15-11-5-6-14-17-11)9-7-20-10-4-2-1-3-8(9)10/h1-7H,(H3,14,15,16,17,18,19). The molecule has 0 aliphatic carbocycles. The summed E-state index contributed by atoms with van der Waals surface area (Å²) in [6.45, 7) is 0. The SMILES string of the molecule is O=C(NC(=S)Nc1ccn[nH]1)c1csc2ccccc12. The number of nitrogens with one attached hydrogen (secondary N) is 3. The normalized spacial score (nSPS) is 10.4. The summed E-state index contributed by atoms with van der Waals surface area (Å²) in [7, 11) is 0. The maximum absolute atomic E-state index is 12.2. The van der Waals surface area contributed by atoms with E-state index in [0.29, 0.717) is 11.4 Å². The predicted molar refractivity (Wildman–Crippen MR) is 84.1 cm³/mol. The molecule has 2 heterocycles. The molecule has 0 atom stereocenters. The van der Waals surface area contributed by atoms with Crippen LogP contribution in [0.25, 0.3) is 10.1 Å². The van der Waals surface area contributed by atoms with Crippen molar-refractivity contribution in [3.8, 4) is 0 Å². The number of rotatable bonds is 2. The number of carbonyl (C=O) groups is 1. The Morgan fingerprint density at radius 1 is 1.30 bits per heavy atom. The molecular formula is C13H10N4OS2. The van der Waals surface area contributed by atoms with Crippen molar-refractivity contribution in [2.75, 3.05) is 5.32 Å². The average Bonchev–Trinajstić information content (AvgIpc) is 3.07. The molecule has 0 saturated heterocycles. The Morgan fingerprint density at radius 2 is 2.15 bits per heavy atom. The van der Waals surface area contributed by atoms with Gasteiger partial charge in [0, 0.05) is 21.5 Å². The zero-order chi connectivity index (χ0) is 13.9. The third-order valence-corrected chi connectivity index (χ3v) is 3.87. The molecule has 0 aliphatic heterocycles. The summed E-state index contributed by atoms with van der Waals surface area (Å²) >= 11 is 6.62. The molecule has 0 spiro atoms. The molecule has 3 N–H and O–H groups in total. The minimum atomic E-state index is -0.223. The first-order valence-electron chi connectivity index (χ1n) is 5.82. The number of aromatic nitrogens is 2. The van der Waals surface area contributed by atoms with Crippen molar-refractivity contribution in [3.63, 3.8) is 0 Å². The van der Waals surface area contributed by atoms with Crippen LogP contribution in [0.1, 0.15) is 10.4 Å². The Morgan fingerprint density at radius 3 is 2.95 bits per heavy atom. The van der Waals surface area contributed by atoms with E-state index in [0.717, 1.165) is 10.1 Å². The number of aromatic amines is 1. The van der Waals surface area contributed by atoms with Gasteiger partial charge in [0.25, 0.3) is 5.91 Å². The van der Waals surface area contributed by atoms with Gasteiger partial charge < -0.3 is 5.32 Å². The van der Waals surface area contributed by atoms with Gasteiger partial charge in [-0.2, -0.15) is 5.10 Å². The molecular weight excluding hydrogens is 292 g/mol. The number of fused-ring (bicyclic) bond motifs is 1. The maximum atomic E-state index is 12.2. The molecule has 0 bridgehead atoms. The van der Waals surface area contributed by atoms with E-state index in [1.54, 1.807) is 12.3 Å². The molecule has 1 amide bonds. The van der Waals surface area contributed by atoms with Gasteiger partial charge in [-0.25, -0.2) is 0 Å². The monoisotopic (exact) mass is 302 g/mol. The van der Waals surface area contributed by atoms with Crippen LogP contribution >= 0.6 is 23.6 Å². The number of hydrogen-bond donors (Lipinski definition) is 3. The third kappa shape index (κ3) is 2.54. The van der Waals surface area contributed by atoms with Crippen LogP contribution in [0.2, 0.25) is 0 Å². The first kappa shape index (κ1) is 12.8. The first-order chi connectivity index (χ1) is 9.74. The summed E-state index contributed by atoms with van der Waals surface area (Å²) < 4.78 is 1.07. The third-order valence-electron chi connectivity index (χ3n) is 2.70. The van der Waals surface area contributed by atoms with Gasteiger partial charge in [0.1, 0.15) is 5.82 Å². The summed E-state index contributed by atoms with van der Waals surface area (Å²) in [5.41, 5.74) is 0.624. The number of hydrogen-bond acceptors (Lipinski definition) is 4. The van der Waals surface area contributed by atoms with Crippen molar-refractivity contribution in [2.24, 2.45) is 0 Å². The van der Waals surface area contributed by atoms with E-state index in [9.17, 15) is 4.79 Å². The van der Waals surface area contributed by atoms with Crippen LogP contribution < -0.4 is 10.6 Å². The molecule has 0 radical (unpaired) electrons. The Kier molecular flexibility index (Phi) is 3.44. The van der Waals surface area contributed by atoms with Crippen LogP contribution in [-0.4, -0.2) is 21.2 Å².